The lowest BCUT2D eigenvalue weighted by molar-refractivity contribution is -0.120. The SMILES string of the molecule is CCS(=O)(=O)c1cc(NC(=O)c2cc3cc(Cl)ccc3[nH]2)c(O)c(NC(=O)C2CCCCC2)c1. The van der Waals surface area contributed by atoms with Gasteiger partial charge in [0, 0.05) is 21.8 Å². The van der Waals surface area contributed by atoms with E-state index in [9.17, 15) is 23.1 Å². The Morgan fingerprint density at radius 2 is 1.74 bits per heavy atom. The molecule has 1 saturated carbocycles. The predicted molar refractivity (Wildman–Crippen MR) is 132 cm³/mol. The Hall–Kier alpha value is -3.04. The van der Waals surface area contributed by atoms with Crippen molar-refractivity contribution in [3.05, 3.63) is 47.1 Å². The monoisotopic (exact) mass is 503 g/mol. The second-order valence-corrected chi connectivity index (χ2v) is 11.2. The van der Waals surface area contributed by atoms with E-state index in [2.05, 4.69) is 15.6 Å². The van der Waals surface area contributed by atoms with E-state index < -0.39 is 21.5 Å². The first-order valence-corrected chi connectivity index (χ1v) is 13.2. The molecule has 4 N–H and O–H groups in total. The zero-order valence-electron chi connectivity index (χ0n) is 18.7. The number of aromatic hydroxyl groups is 1. The molecular formula is C24H26ClN3O5S. The Morgan fingerprint density at radius 3 is 2.41 bits per heavy atom. The van der Waals surface area contributed by atoms with E-state index in [1.54, 1.807) is 24.3 Å². The Morgan fingerprint density at radius 1 is 1.06 bits per heavy atom. The number of aromatic amines is 1. The quantitative estimate of drug-likeness (QED) is 0.348. The highest BCUT2D eigenvalue weighted by Gasteiger charge is 2.25. The molecule has 8 nitrogen and oxygen atoms in total. The molecule has 0 saturated heterocycles. The van der Waals surface area contributed by atoms with E-state index >= 15 is 0 Å². The Balaban J connectivity index is 1.67. The molecule has 0 atom stereocenters. The largest absolute Gasteiger partial charge is 0.504 e. The van der Waals surface area contributed by atoms with Crippen molar-refractivity contribution in [1.29, 1.82) is 0 Å². The fraction of sp³-hybridized carbons (Fsp3) is 0.333. The molecule has 1 aromatic heterocycles. The van der Waals surface area contributed by atoms with Crippen molar-refractivity contribution in [2.24, 2.45) is 5.92 Å². The van der Waals surface area contributed by atoms with Gasteiger partial charge in [0.25, 0.3) is 5.91 Å². The van der Waals surface area contributed by atoms with Gasteiger partial charge in [0.15, 0.2) is 15.6 Å². The van der Waals surface area contributed by atoms with Crippen LogP contribution in [0.25, 0.3) is 10.9 Å². The number of hydrogen-bond acceptors (Lipinski definition) is 5. The number of nitrogens with one attached hydrogen (secondary N) is 3. The number of aromatic nitrogens is 1. The van der Waals surface area contributed by atoms with Crippen LogP contribution >= 0.6 is 11.6 Å². The zero-order chi connectivity index (χ0) is 24.5. The summed E-state index contributed by atoms with van der Waals surface area (Å²) >= 11 is 6.01. The first-order valence-electron chi connectivity index (χ1n) is 11.2. The van der Waals surface area contributed by atoms with E-state index in [1.165, 1.54) is 19.1 Å². The molecule has 0 unspecified atom stereocenters. The Labute approximate surface area is 202 Å². The third-order valence-corrected chi connectivity index (χ3v) is 8.08. The molecule has 1 fully saturated rings. The summed E-state index contributed by atoms with van der Waals surface area (Å²) in [6.07, 6.45) is 4.47. The maximum atomic E-state index is 12.9. The standard InChI is InChI=1S/C24H26ClN3O5S/c1-2-34(32,33)17-12-19(27-23(30)14-6-4-3-5-7-14)22(29)20(13-17)28-24(31)21-11-15-10-16(25)8-9-18(15)26-21/h8-14,26,29H,2-7H2,1H3,(H,27,30)(H,28,31). The van der Waals surface area contributed by atoms with E-state index in [4.69, 9.17) is 11.6 Å². The lowest BCUT2D eigenvalue weighted by Gasteiger charge is -2.21. The first-order chi connectivity index (χ1) is 16.2. The molecule has 3 aromatic rings. The number of carbonyl (C=O) groups excluding carboxylic acids is 2. The smallest absolute Gasteiger partial charge is 0.272 e. The summed E-state index contributed by atoms with van der Waals surface area (Å²) in [5.74, 6) is -1.64. The highest BCUT2D eigenvalue weighted by molar-refractivity contribution is 7.91. The van der Waals surface area contributed by atoms with Gasteiger partial charge in [0.05, 0.1) is 22.0 Å². The minimum Gasteiger partial charge on any atom is -0.504 e. The highest BCUT2D eigenvalue weighted by Crippen LogP contribution is 2.37. The molecule has 0 spiro atoms. The summed E-state index contributed by atoms with van der Waals surface area (Å²) < 4.78 is 25.2. The number of carbonyl (C=O) groups is 2. The number of benzene rings is 2. The molecule has 0 radical (unpaired) electrons. The molecule has 4 rings (SSSR count). The zero-order valence-corrected chi connectivity index (χ0v) is 20.2. The fourth-order valence-corrected chi connectivity index (χ4v) is 5.27. The lowest BCUT2D eigenvalue weighted by atomic mass is 9.88. The number of anilines is 2. The van der Waals surface area contributed by atoms with Crippen LogP contribution in [0.2, 0.25) is 5.02 Å². The van der Waals surface area contributed by atoms with Gasteiger partial charge in [-0.1, -0.05) is 37.8 Å². The molecule has 180 valence electrons. The second kappa shape index (κ2) is 9.68. The molecule has 0 aliphatic heterocycles. The predicted octanol–water partition coefficient (Wildman–Crippen LogP) is 5.09. The van der Waals surface area contributed by atoms with Crippen LogP contribution in [0.3, 0.4) is 0 Å². The van der Waals surface area contributed by atoms with E-state index in [-0.39, 0.29) is 39.5 Å². The van der Waals surface area contributed by atoms with Crippen LogP contribution in [0.15, 0.2) is 41.3 Å². The van der Waals surface area contributed by atoms with Crippen molar-refractivity contribution in [3.63, 3.8) is 0 Å². The van der Waals surface area contributed by atoms with Gasteiger partial charge in [-0.15, -0.1) is 0 Å². The summed E-state index contributed by atoms with van der Waals surface area (Å²) in [4.78, 5) is 28.5. The number of phenolic OH excluding ortho intramolecular Hbond substituents is 1. The van der Waals surface area contributed by atoms with Gasteiger partial charge in [-0.25, -0.2) is 8.42 Å². The van der Waals surface area contributed by atoms with E-state index in [0.29, 0.717) is 10.5 Å². The van der Waals surface area contributed by atoms with Crippen molar-refractivity contribution in [3.8, 4) is 5.75 Å². The van der Waals surface area contributed by atoms with Crippen molar-refractivity contribution < 1.29 is 23.1 Å². The number of amides is 2. The van der Waals surface area contributed by atoms with Gasteiger partial charge in [-0.05, 0) is 49.2 Å². The van der Waals surface area contributed by atoms with Crippen LogP contribution in [0.5, 0.6) is 5.75 Å². The molecule has 34 heavy (non-hydrogen) atoms. The van der Waals surface area contributed by atoms with Crippen molar-refractivity contribution >= 4 is 55.5 Å². The van der Waals surface area contributed by atoms with Gasteiger partial charge < -0.3 is 20.7 Å². The second-order valence-electron chi connectivity index (χ2n) is 8.46. The van der Waals surface area contributed by atoms with Crippen molar-refractivity contribution in [2.75, 3.05) is 16.4 Å². The van der Waals surface area contributed by atoms with Crippen molar-refractivity contribution in [2.45, 2.75) is 43.9 Å². The van der Waals surface area contributed by atoms with Gasteiger partial charge >= 0.3 is 0 Å². The van der Waals surface area contributed by atoms with Gasteiger partial charge in [-0.3, -0.25) is 9.59 Å². The maximum absolute atomic E-state index is 12.9. The summed E-state index contributed by atoms with van der Waals surface area (Å²) in [5.41, 5.74) is 0.730. The number of phenols is 1. The van der Waals surface area contributed by atoms with Crippen LogP contribution in [-0.4, -0.2) is 36.1 Å². The minimum atomic E-state index is -3.68. The molecule has 1 heterocycles. The average molecular weight is 504 g/mol. The topological polar surface area (TPSA) is 128 Å². The number of hydrogen-bond donors (Lipinski definition) is 4. The molecule has 2 amide bonds. The van der Waals surface area contributed by atoms with E-state index in [0.717, 1.165) is 37.5 Å². The number of halogens is 1. The highest BCUT2D eigenvalue weighted by atomic mass is 35.5. The normalized spacial score (nSPS) is 14.8. The van der Waals surface area contributed by atoms with Crippen LogP contribution < -0.4 is 10.6 Å². The number of rotatable bonds is 6. The van der Waals surface area contributed by atoms with Crippen LogP contribution in [-0.2, 0) is 14.6 Å². The van der Waals surface area contributed by atoms with Gasteiger partial charge in [0.1, 0.15) is 5.69 Å². The van der Waals surface area contributed by atoms with Crippen LogP contribution in [0.1, 0.15) is 49.5 Å². The average Bonchev–Trinajstić information content (AvgIpc) is 3.25. The van der Waals surface area contributed by atoms with E-state index in [1.807, 2.05) is 0 Å². The fourth-order valence-electron chi connectivity index (χ4n) is 4.16. The first kappa shape index (κ1) is 24.1. The summed E-state index contributed by atoms with van der Waals surface area (Å²) in [5, 5.41) is 17.3. The number of H-pyrrole nitrogens is 1. The molecule has 1 aliphatic rings. The maximum Gasteiger partial charge on any atom is 0.272 e. The molecule has 0 bridgehead atoms. The number of sulfone groups is 1. The van der Waals surface area contributed by atoms with Crippen LogP contribution in [0.4, 0.5) is 11.4 Å². The molecule has 1 aliphatic carbocycles. The van der Waals surface area contributed by atoms with Gasteiger partial charge in [-0.2, -0.15) is 0 Å². The summed E-state index contributed by atoms with van der Waals surface area (Å²) in [7, 11) is -3.68. The lowest BCUT2D eigenvalue weighted by Crippen LogP contribution is -2.25. The Kier molecular flexibility index (Phi) is 6.86. The Bertz CT molecular complexity index is 1360. The molecule has 2 aromatic carbocycles. The molecular weight excluding hydrogens is 478 g/mol. The summed E-state index contributed by atoms with van der Waals surface area (Å²) in [6.45, 7) is 1.50. The minimum absolute atomic E-state index is 0.0520. The van der Waals surface area contributed by atoms with Crippen LogP contribution in [0, 0.1) is 5.92 Å². The summed E-state index contributed by atoms with van der Waals surface area (Å²) in [6, 6.07) is 9.16. The third-order valence-electron chi connectivity index (χ3n) is 6.13. The van der Waals surface area contributed by atoms with Gasteiger partial charge in [0.2, 0.25) is 5.91 Å². The third kappa shape index (κ3) is 5.05. The number of fused-ring (bicyclic) bond motifs is 1. The van der Waals surface area contributed by atoms with Crippen molar-refractivity contribution in [1.82, 2.24) is 4.98 Å². The molecule has 10 heteroatoms.